The lowest BCUT2D eigenvalue weighted by Gasteiger charge is -2.08. The summed E-state index contributed by atoms with van der Waals surface area (Å²) < 4.78 is 10.9. The number of nitriles is 1. The Bertz CT molecular complexity index is 1060. The third-order valence-corrected chi connectivity index (χ3v) is 4.79. The molecule has 0 bridgehead atoms. The van der Waals surface area contributed by atoms with Crippen LogP contribution >= 0.6 is 11.8 Å². The molecular weight excluding hydrogens is 374 g/mol. The number of thioether (sulfide) groups is 1. The topological polar surface area (TPSA) is 88.0 Å². The first-order chi connectivity index (χ1) is 13.6. The highest BCUT2D eigenvalue weighted by molar-refractivity contribution is 7.99. The Hall–Kier alpha value is -3.24. The van der Waals surface area contributed by atoms with Crippen molar-refractivity contribution in [1.29, 1.82) is 5.26 Å². The van der Waals surface area contributed by atoms with Gasteiger partial charge in [-0.25, -0.2) is 4.98 Å². The lowest BCUT2D eigenvalue weighted by molar-refractivity contribution is 0.343. The van der Waals surface area contributed by atoms with Crippen LogP contribution in [0.1, 0.15) is 11.1 Å². The smallest absolute Gasteiger partial charge is 0.270 e. The van der Waals surface area contributed by atoms with E-state index in [1.54, 1.807) is 31.4 Å². The maximum absolute atomic E-state index is 12.3. The second-order valence-electron chi connectivity index (χ2n) is 5.95. The number of nitrogens with one attached hydrogen (secondary N) is 1. The first kappa shape index (κ1) is 19.5. The molecule has 6 nitrogen and oxygen atoms in total. The summed E-state index contributed by atoms with van der Waals surface area (Å²) >= 11 is 1.37. The summed E-state index contributed by atoms with van der Waals surface area (Å²) in [5, 5.41) is 9.80. The second-order valence-corrected chi connectivity index (χ2v) is 7.03. The molecule has 142 valence electrons. The van der Waals surface area contributed by atoms with Crippen molar-refractivity contribution in [1.82, 2.24) is 9.97 Å². The number of aromatic nitrogens is 2. The minimum Gasteiger partial charge on any atom is -0.497 e. The summed E-state index contributed by atoms with van der Waals surface area (Å²) in [6.07, 6.45) is 0. The van der Waals surface area contributed by atoms with E-state index in [1.807, 2.05) is 37.3 Å². The van der Waals surface area contributed by atoms with Gasteiger partial charge in [0.25, 0.3) is 5.56 Å². The van der Waals surface area contributed by atoms with E-state index in [0.29, 0.717) is 34.5 Å². The average molecular weight is 393 g/mol. The molecule has 1 aromatic heterocycles. The predicted octanol–water partition coefficient (Wildman–Crippen LogP) is 3.80. The molecule has 0 aliphatic heterocycles. The fourth-order valence-corrected chi connectivity index (χ4v) is 3.27. The van der Waals surface area contributed by atoms with Crippen LogP contribution in [0.2, 0.25) is 0 Å². The Labute approximate surface area is 167 Å². The van der Waals surface area contributed by atoms with Crippen molar-refractivity contribution in [3.63, 3.8) is 0 Å². The first-order valence-corrected chi connectivity index (χ1v) is 9.60. The molecule has 1 N–H and O–H groups in total. The van der Waals surface area contributed by atoms with Gasteiger partial charge in [-0.1, -0.05) is 23.9 Å². The number of H-pyrrole nitrogens is 1. The Morgan fingerprint density at radius 1 is 1.18 bits per heavy atom. The molecule has 28 heavy (non-hydrogen) atoms. The van der Waals surface area contributed by atoms with Gasteiger partial charge in [0.2, 0.25) is 0 Å². The third kappa shape index (κ3) is 4.72. The minimum absolute atomic E-state index is 0.00877. The molecule has 3 aromatic rings. The van der Waals surface area contributed by atoms with Crippen LogP contribution in [0.15, 0.2) is 58.5 Å². The Kier molecular flexibility index (Phi) is 6.35. The quantitative estimate of drug-likeness (QED) is 0.373. The summed E-state index contributed by atoms with van der Waals surface area (Å²) in [6.45, 7) is 2.48. The summed E-state index contributed by atoms with van der Waals surface area (Å²) in [7, 11) is 1.58. The zero-order valence-electron chi connectivity index (χ0n) is 15.6. The van der Waals surface area contributed by atoms with E-state index in [9.17, 15) is 10.1 Å². The molecular formula is C21H19N3O3S. The number of hydrogen-bond donors (Lipinski definition) is 1. The van der Waals surface area contributed by atoms with Crippen LogP contribution in [0, 0.1) is 18.3 Å². The molecule has 0 atom stereocenters. The van der Waals surface area contributed by atoms with E-state index < -0.39 is 5.56 Å². The number of rotatable bonds is 7. The molecule has 0 aliphatic carbocycles. The van der Waals surface area contributed by atoms with Crippen LogP contribution in [0.5, 0.6) is 11.5 Å². The highest BCUT2D eigenvalue weighted by Crippen LogP contribution is 2.24. The number of nitrogens with zero attached hydrogens (tertiary/aromatic N) is 2. The standard InChI is InChI=1S/C21H19N3O3S/c1-14-4-3-5-17(12-14)27-10-11-28-21-23-19(18(13-22)20(25)24-21)15-6-8-16(26-2)9-7-15/h3-9,12H,10-11H2,1-2H3,(H,23,24,25). The normalized spacial score (nSPS) is 10.3. The summed E-state index contributed by atoms with van der Waals surface area (Å²) in [4.78, 5) is 19.4. The Morgan fingerprint density at radius 3 is 2.64 bits per heavy atom. The number of benzene rings is 2. The van der Waals surface area contributed by atoms with E-state index in [-0.39, 0.29) is 5.56 Å². The maximum Gasteiger partial charge on any atom is 0.270 e. The molecule has 0 unspecified atom stereocenters. The van der Waals surface area contributed by atoms with Gasteiger partial charge < -0.3 is 14.5 Å². The van der Waals surface area contributed by atoms with Gasteiger partial charge in [-0.3, -0.25) is 4.79 Å². The predicted molar refractivity (Wildman–Crippen MR) is 109 cm³/mol. The van der Waals surface area contributed by atoms with E-state index in [1.165, 1.54) is 11.8 Å². The molecule has 7 heteroatoms. The van der Waals surface area contributed by atoms with Crippen LogP contribution in [0.4, 0.5) is 0 Å². The zero-order chi connectivity index (χ0) is 19.9. The molecule has 1 heterocycles. The summed E-state index contributed by atoms with van der Waals surface area (Å²) in [5.41, 5.74) is 1.71. The molecule has 0 saturated carbocycles. The van der Waals surface area contributed by atoms with Crippen molar-refractivity contribution in [3.05, 3.63) is 70.0 Å². The van der Waals surface area contributed by atoms with Gasteiger partial charge in [-0.15, -0.1) is 0 Å². The summed E-state index contributed by atoms with van der Waals surface area (Å²) in [6, 6.07) is 16.8. The monoisotopic (exact) mass is 393 g/mol. The van der Waals surface area contributed by atoms with Gasteiger partial charge in [0.15, 0.2) is 5.16 Å². The zero-order valence-corrected chi connectivity index (χ0v) is 16.4. The Balaban J connectivity index is 1.74. The number of ether oxygens (including phenoxy) is 2. The van der Waals surface area contributed by atoms with E-state index in [0.717, 1.165) is 11.3 Å². The van der Waals surface area contributed by atoms with Gasteiger partial charge in [0.05, 0.1) is 19.4 Å². The van der Waals surface area contributed by atoms with Gasteiger partial charge >= 0.3 is 0 Å². The lowest BCUT2D eigenvalue weighted by atomic mass is 10.1. The number of methoxy groups -OCH3 is 1. The van der Waals surface area contributed by atoms with Crippen molar-refractivity contribution < 1.29 is 9.47 Å². The van der Waals surface area contributed by atoms with E-state index in [4.69, 9.17) is 9.47 Å². The highest BCUT2D eigenvalue weighted by atomic mass is 32.2. The minimum atomic E-state index is -0.453. The molecule has 0 fully saturated rings. The van der Waals surface area contributed by atoms with Crippen molar-refractivity contribution in [3.8, 4) is 28.8 Å². The van der Waals surface area contributed by atoms with Gasteiger partial charge in [0, 0.05) is 11.3 Å². The highest BCUT2D eigenvalue weighted by Gasteiger charge is 2.14. The average Bonchev–Trinajstić information content (AvgIpc) is 2.71. The SMILES string of the molecule is COc1ccc(-c2nc(SCCOc3cccc(C)c3)[nH]c(=O)c2C#N)cc1. The second kappa shape index (κ2) is 9.11. The van der Waals surface area contributed by atoms with Gasteiger partial charge in [-0.2, -0.15) is 5.26 Å². The third-order valence-electron chi connectivity index (χ3n) is 3.95. The van der Waals surface area contributed by atoms with Crippen LogP contribution in [-0.4, -0.2) is 29.4 Å². The summed E-state index contributed by atoms with van der Waals surface area (Å²) in [5.74, 6) is 2.10. The van der Waals surface area contributed by atoms with E-state index >= 15 is 0 Å². The largest absolute Gasteiger partial charge is 0.497 e. The van der Waals surface area contributed by atoms with E-state index in [2.05, 4.69) is 9.97 Å². The first-order valence-electron chi connectivity index (χ1n) is 8.62. The molecule has 3 rings (SSSR count). The number of aryl methyl sites for hydroxylation is 1. The molecule has 0 aliphatic rings. The van der Waals surface area contributed by atoms with Crippen molar-refractivity contribution in [2.24, 2.45) is 0 Å². The molecule has 0 amide bonds. The van der Waals surface area contributed by atoms with Crippen molar-refractivity contribution in [2.75, 3.05) is 19.5 Å². The van der Waals surface area contributed by atoms with Gasteiger partial charge in [0.1, 0.15) is 23.1 Å². The fourth-order valence-electron chi connectivity index (χ4n) is 2.59. The van der Waals surface area contributed by atoms with Crippen molar-refractivity contribution in [2.45, 2.75) is 12.1 Å². The molecule has 2 aromatic carbocycles. The number of aromatic amines is 1. The van der Waals surface area contributed by atoms with Gasteiger partial charge in [-0.05, 0) is 48.9 Å². The van der Waals surface area contributed by atoms with Crippen LogP contribution < -0.4 is 15.0 Å². The van der Waals surface area contributed by atoms with Crippen LogP contribution in [0.25, 0.3) is 11.3 Å². The molecule has 0 radical (unpaired) electrons. The van der Waals surface area contributed by atoms with Crippen LogP contribution in [0.3, 0.4) is 0 Å². The maximum atomic E-state index is 12.3. The molecule has 0 spiro atoms. The van der Waals surface area contributed by atoms with Crippen LogP contribution in [-0.2, 0) is 0 Å². The lowest BCUT2D eigenvalue weighted by Crippen LogP contribution is -2.15. The fraction of sp³-hybridized carbons (Fsp3) is 0.190. The van der Waals surface area contributed by atoms with Crippen molar-refractivity contribution >= 4 is 11.8 Å². The Morgan fingerprint density at radius 2 is 1.96 bits per heavy atom. The number of hydrogen-bond acceptors (Lipinski definition) is 6. The molecule has 0 saturated heterocycles.